The monoisotopic (exact) mass is 493 g/mol. The summed E-state index contributed by atoms with van der Waals surface area (Å²) in [6.07, 6.45) is 0. The summed E-state index contributed by atoms with van der Waals surface area (Å²) in [5.74, 6) is -0.0404. The summed E-state index contributed by atoms with van der Waals surface area (Å²) in [6.45, 7) is 11.4. The maximum absolute atomic E-state index is 13.1. The lowest BCUT2D eigenvalue weighted by atomic mass is 10.1. The van der Waals surface area contributed by atoms with Gasteiger partial charge in [-0.1, -0.05) is 36.9 Å². The minimum atomic E-state index is -3.79. The third-order valence-electron chi connectivity index (χ3n) is 5.40. The van der Waals surface area contributed by atoms with Gasteiger partial charge in [-0.3, -0.25) is 0 Å². The van der Waals surface area contributed by atoms with Crippen LogP contribution in [0.4, 0.5) is 5.69 Å². The van der Waals surface area contributed by atoms with Gasteiger partial charge in [-0.05, 0) is 66.9 Å². The molecule has 0 unspecified atom stereocenters. The maximum Gasteiger partial charge on any atom is 0.356 e. The first-order valence-electron chi connectivity index (χ1n) is 10.3. The van der Waals surface area contributed by atoms with E-state index in [0.29, 0.717) is 22.6 Å². The van der Waals surface area contributed by atoms with E-state index in [1.807, 2.05) is 26.0 Å². The van der Waals surface area contributed by atoms with E-state index in [2.05, 4.69) is 18.6 Å². The summed E-state index contributed by atoms with van der Waals surface area (Å²) >= 11 is 5.31. The minimum Gasteiger partial charge on any atom is -0.496 e. The van der Waals surface area contributed by atoms with Crippen LogP contribution < -0.4 is 10.1 Å². The molecule has 3 rings (SSSR count). The molecule has 0 atom stereocenters. The number of carbonyl (C=O) groups is 1. The molecule has 0 aliphatic carbocycles. The highest BCUT2D eigenvalue weighted by atomic mass is 32.2. The molecule has 0 bridgehead atoms. The van der Waals surface area contributed by atoms with Gasteiger partial charge in [-0.15, -0.1) is 0 Å². The molecule has 0 spiro atoms. The standard InChI is InChI=1S/C26H24N2O4S2/c1-17-10-11-20(16-18(17)2)19(3)34(30,31)22-14-12-21(13-15-22)27-26(33)28(4)25(29)23-8-6-7-9-24(23)32-5/h6-16H,3-4H2,1-2,5H3/p+1. The van der Waals surface area contributed by atoms with Gasteiger partial charge in [0.1, 0.15) is 17.0 Å². The second-order valence-corrected chi connectivity index (χ2v) is 9.97. The lowest BCUT2D eigenvalue weighted by molar-refractivity contribution is -0.286. The average molecular weight is 494 g/mol. The van der Waals surface area contributed by atoms with Crippen molar-refractivity contribution in [2.75, 3.05) is 12.4 Å². The van der Waals surface area contributed by atoms with Crippen LogP contribution in [-0.2, 0) is 9.84 Å². The number of ether oxygens (including phenoxy) is 1. The number of sulfone groups is 1. The normalized spacial score (nSPS) is 10.9. The maximum atomic E-state index is 13.1. The highest BCUT2D eigenvalue weighted by Crippen LogP contribution is 2.28. The largest absolute Gasteiger partial charge is 0.496 e. The van der Waals surface area contributed by atoms with Crippen molar-refractivity contribution >= 4 is 50.4 Å². The Hall–Kier alpha value is -3.62. The summed E-state index contributed by atoms with van der Waals surface area (Å²) in [5, 5.41) is 2.95. The zero-order valence-electron chi connectivity index (χ0n) is 19.2. The van der Waals surface area contributed by atoms with Gasteiger partial charge in [0.2, 0.25) is 9.84 Å². The van der Waals surface area contributed by atoms with Crippen molar-refractivity contribution < 1.29 is 22.5 Å². The summed E-state index contributed by atoms with van der Waals surface area (Å²) < 4.78 is 32.4. The predicted octanol–water partition coefficient (Wildman–Crippen LogP) is 5.01. The number of benzene rings is 3. The second kappa shape index (κ2) is 10.1. The number of nitrogens with one attached hydrogen (secondary N) is 1. The Morgan fingerprint density at radius 3 is 2.26 bits per heavy atom. The van der Waals surface area contributed by atoms with Crippen LogP contribution in [0.1, 0.15) is 27.0 Å². The van der Waals surface area contributed by atoms with Gasteiger partial charge < -0.3 is 4.74 Å². The molecule has 3 aromatic carbocycles. The van der Waals surface area contributed by atoms with Gasteiger partial charge in [0.15, 0.2) is 0 Å². The number of amides is 1. The van der Waals surface area contributed by atoms with E-state index in [-0.39, 0.29) is 14.9 Å². The van der Waals surface area contributed by atoms with Crippen molar-refractivity contribution in [2.45, 2.75) is 18.7 Å². The van der Waals surface area contributed by atoms with E-state index in [1.165, 1.54) is 19.2 Å². The van der Waals surface area contributed by atoms with E-state index < -0.39 is 15.7 Å². The van der Waals surface area contributed by atoms with Gasteiger partial charge in [-0.25, -0.2) is 18.5 Å². The third kappa shape index (κ3) is 5.13. The molecular formula is C26H25N2O4S2+. The van der Waals surface area contributed by atoms with Crippen molar-refractivity contribution in [3.8, 4) is 5.75 Å². The van der Waals surface area contributed by atoms with Crippen LogP contribution >= 0.6 is 12.2 Å². The number of hydrogen-bond donors (Lipinski definition) is 1. The van der Waals surface area contributed by atoms with Crippen LogP contribution in [0.2, 0.25) is 0 Å². The zero-order chi connectivity index (χ0) is 25.0. The van der Waals surface area contributed by atoms with Crippen molar-refractivity contribution in [2.24, 2.45) is 0 Å². The van der Waals surface area contributed by atoms with Gasteiger partial charge in [0.25, 0.3) is 0 Å². The van der Waals surface area contributed by atoms with Crippen molar-refractivity contribution in [3.63, 3.8) is 0 Å². The number of rotatable bonds is 6. The van der Waals surface area contributed by atoms with Crippen LogP contribution in [0, 0.1) is 13.8 Å². The zero-order valence-corrected chi connectivity index (χ0v) is 20.8. The van der Waals surface area contributed by atoms with Crippen LogP contribution in [-0.4, -0.2) is 37.8 Å². The van der Waals surface area contributed by atoms with Gasteiger partial charge in [0, 0.05) is 12.2 Å². The fraction of sp³-hybridized carbons (Fsp3) is 0.115. The van der Waals surface area contributed by atoms with Crippen LogP contribution in [0.5, 0.6) is 5.75 Å². The van der Waals surface area contributed by atoms with E-state index >= 15 is 0 Å². The Kier molecular flexibility index (Phi) is 7.44. The highest BCUT2D eigenvalue weighted by molar-refractivity contribution is 8.00. The number of anilines is 1. The first-order valence-corrected chi connectivity index (χ1v) is 12.2. The van der Waals surface area contributed by atoms with Crippen LogP contribution in [0.3, 0.4) is 0 Å². The molecule has 174 valence electrons. The Labute approximate surface area is 205 Å². The Balaban J connectivity index is 1.75. The fourth-order valence-corrected chi connectivity index (χ4v) is 4.60. The molecule has 0 radical (unpaired) electrons. The molecule has 8 heteroatoms. The average Bonchev–Trinajstić information content (AvgIpc) is 2.84. The molecule has 0 saturated carbocycles. The van der Waals surface area contributed by atoms with Crippen molar-refractivity contribution in [1.29, 1.82) is 0 Å². The molecule has 34 heavy (non-hydrogen) atoms. The third-order valence-corrected chi connectivity index (χ3v) is 7.50. The molecule has 0 fully saturated rings. The lowest BCUT2D eigenvalue weighted by Gasteiger charge is -2.11. The Morgan fingerprint density at radius 1 is 1.00 bits per heavy atom. The summed E-state index contributed by atoms with van der Waals surface area (Å²) in [4.78, 5) is 12.9. The molecule has 0 aliphatic rings. The first-order chi connectivity index (χ1) is 16.1. The quantitative estimate of drug-likeness (QED) is 0.296. The molecule has 0 heterocycles. The van der Waals surface area contributed by atoms with Gasteiger partial charge >= 0.3 is 11.0 Å². The first kappa shape index (κ1) is 25.0. The van der Waals surface area contributed by atoms with Crippen molar-refractivity contribution in [3.05, 3.63) is 95.6 Å². The van der Waals surface area contributed by atoms with Gasteiger partial charge in [-0.2, -0.15) is 4.58 Å². The van der Waals surface area contributed by atoms with E-state index in [4.69, 9.17) is 17.0 Å². The highest BCUT2D eigenvalue weighted by Gasteiger charge is 2.24. The smallest absolute Gasteiger partial charge is 0.356 e. The molecular weight excluding hydrogens is 468 g/mol. The Bertz CT molecular complexity index is 1410. The molecule has 0 saturated heterocycles. The molecule has 0 aromatic heterocycles. The number of para-hydroxylation sites is 1. The topological polar surface area (TPSA) is 75.5 Å². The van der Waals surface area contributed by atoms with Crippen LogP contribution in [0.25, 0.3) is 4.91 Å². The molecule has 6 nitrogen and oxygen atoms in total. The second-order valence-electron chi connectivity index (χ2n) is 7.61. The van der Waals surface area contributed by atoms with Crippen molar-refractivity contribution in [1.82, 2.24) is 0 Å². The number of hydrogen-bond acceptors (Lipinski definition) is 5. The van der Waals surface area contributed by atoms with E-state index in [1.54, 1.807) is 42.5 Å². The molecule has 1 N–H and O–H groups in total. The van der Waals surface area contributed by atoms with E-state index in [9.17, 15) is 13.2 Å². The number of methoxy groups -OCH3 is 1. The fourth-order valence-electron chi connectivity index (χ4n) is 3.18. The number of thiocarbonyl (C=S) groups is 1. The SMILES string of the molecule is C=C(c1ccc(C)c(C)c1)S(=O)(=O)c1ccc(NC(=S)[N+](=C)C(=O)c2ccccc2OC)cc1. The number of carbonyl (C=O) groups excluding carboxylic acids is 1. The molecule has 1 amide bonds. The Morgan fingerprint density at radius 2 is 1.65 bits per heavy atom. The predicted molar refractivity (Wildman–Crippen MR) is 140 cm³/mol. The van der Waals surface area contributed by atoms with E-state index in [0.717, 1.165) is 15.7 Å². The summed E-state index contributed by atoms with van der Waals surface area (Å²) in [6, 6.07) is 18.2. The number of aryl methyl sites for hydroxylation is 2. The summed E-state index contributed by atoms with van der Waals surface area (Å²) in [5.41, 5.74) is 3.43. The molecule has 0 aliphatic heterocycles. The lowest BCUT2D eigenvalue weighted by Crippen LogP contribution is -2.30. The van der Waals surface area contributed by atoms with Gasteiger partial charge in [0.05, 0.1) is 23.6 Å². The minimum absolute atomic E-state index is 0.0261. The summed E-state index contributed by atoms with van der Waals surface area (Å²) in [7, 11) is -2.31. The molecule has 3 aromatic rings. The number of nitrogens with zero attached hydrogens (tertiary/aromatic N) is 1. The van der Waals surface area contributed by atoms with Crippen LogP contribution in [0.15, 0.2) is 78.2 Å².